The number of nitrogens with zero attached hydrogens (tertiary/aromatic N) is 1. The average Bonchev–Trinajstić information content (AvgIpc) is 2.99. The van der Waals surface area contributed by atoms with E-state index in [0.717, 1.165) is 38.1 Å². The lowest BCUT2D eigenvalue weighted by atomic mass is 9.86. The van der Waals surface area contributed by atoms with Crippen molar-refractivity contribution in [3.63, 3.8) is 0 Å². The molecule has 0 radical (unpaired) electrons. The van der Waals surface area contributed by atoms with E-state index in [2.05, 4.69) is 6.92 Å². The van der Waals surface area contributed by atoms with Crippen molar-refractivity contribution >= 4 is 5.91 Å². The molecule has 4 heteroatoms. The predicted octanol–water partition coefficient (Wildman–Crippen LogP) is 2.51. The van der Waals surface area contributed by atoms with Crippen molar-refractivity contribution in [2.24, 2.45) is 11.8 Å². The number of aliphatic hydroxyl groups is 1. The van der Waals surface area contributed by atoms with Gasteiger partial charge in [0.05, 0.1) is 12.7 Å². The smallest absolute Gasteiger partial charge is 0.246 e. The largest absolute Gasteiger partial charge is 0.393 e. The Kier molecular flexibility index (Phi) is 5.19. The fourth-order valence-electron chi connectivity index (χ4n) is 4.16. The van der Waals surface area contributed by atoms with Gasteiger partial charge in [0, 0.05) is 31.2 Å². The molecule has 0 bridgehead atoms. The SMILES string of the molecule is CC1CCC(=CC(=O)N2CCC[C@@H]2[C@H]2COCC[C@@H]2O)CC1. The van der Waals surface area contributed by atoms with Gasteiger partial charge < -0.3 is 14.7 Å². The molecule has 22 heavy (non-hydrogen) atoms. The van der Waals surface area contributed by atoms with Crippen LogP contribution in [0.4, 0.5) is 0 Å². The Balaban J connectivity index is 1.64. The number of amides is 1. The Morgan fingerprint density at radius 1 is 1.27 bits per heavy atom. The molecular weight excluding hydrogens is 278 g/mol. The summed E-state index contributed by atoms with van der Waals surface area (Å²) in [6, 6.07) is 0.155. The number of likely N-dealkylation sites (tertiary alicyclic amines) is 1. The van der Waals surface area contributed by atoms with Crippen LogP contribution in [0.2, 0.25) is 0 Å². The van der Waals surface area contributed by atoms with Crippen LogP contribution in [-0.4, -0.2) is 47.8 Å². The van der Waals surface area contributed by atoms with Gasteiger partial charge in [-0.25, -0.2) is 0 Å². The monoisotopic (exact) mass is 307 g/mol. The summed E-state index contributed by atoms with van der Waals surface area (Å²) < 4.78 is 5.54. The Labute approximate surface area is 133 Å². The molecule has 3 fully saturated rings. The number of ether oxygens (including phenoxy) is 1. The van der Waals surface area contributed by atoms with E-state index >= 15 is 0 Å². The van der Waals surface area contributed by atoms with E-state index < -0.39 is 0 Å². The molecule has 4 nitrogen and oxygen atoms in total. The lowest BCUT2D eigenvalue weighted by Gasteiger charge is -2.36. The van der Waals surface area contributed by atoms with Crippen molar-refractivity contribution in [3.05, 3.63) is 11.6 Å². The van der Waals surface area contributed by atoms with Crippen LogP contribution in [0, 0.1) is 11.8 Å². The molecule has 1 amide bonds. The fraction of sp³-hybridized carbons (Fsp3) is 0.833. The summed E-state index contributed by atoms with van der Waals surface area (Å²) in [5, 5.41) is 10.2. The molecule has 3 rings (SSSR count). The predicted molar refractivity (Wildman–Crippen MR) is 85.4 cm³/mol. The molecule has 1 N–H and O–H groups in total. The third-order valence-corrected chi connectivity index (χ3v) is 5.68. The summed E-state index contributed by atoms with van der Waals surface area (Å²) in [5.74, 6) is 1.04. The molecule has 2 saturated heterocycles. The second-order valence-electron chi connectivity index (χ2n) is 7.32. The summed E-state index contributed by atoms with van der Waals surface area (Å²) in [7, 11) is 0. The van der Waals surface area contributed by atoms with Crippen molar-refractivity contribution in [2.45, 2.75) is 64.0 Å². The maximum absolute atomic E-state index is 12.7. The number of carbonyl (C=O) groups is 1. The van der Waals surface area contributed by atoms with E-state index in [9.17, 15) is 9.90 Å². The second-order valence-corrected chi connectivity index (χ2v) is 7.32. The van der Waals surface area contributed by atoms with Crippen LogP contribution in [0.5, 0.6) is 0 Å². The van der Waals surface area contributed by atoms with Gasteiger partial charge >= 0.3 is 0 Å². The highest BCUT2D eigenvalue weighted by atomic mass is 16.5. The van der Waals surface area contributed by atoms with Gasteiger partial charge in [-0.15, -0.1) is 0 Å². The first-order valence-electron chi connectivity index (χ1n) is 8.91. The maximum atomic E-state index is 12.7. The lowest BCUT2D eigenvalue weighted by molar-refractivity contribution is -0.131. The first kappa shape index (κ1) is 16.0. The Bertz CT molecular complexity index is 424. The Hall–Kier alpha value is -0.870. The molecular formula is C18H29NO3. The van der Waals surface area contributed by atoms with Gasteiger partial charge in [-0.2, -0.15) is 0 Å². The first-order chi connectivity index (χ1) is 10.6. The van der Waals surface area contributed by atoms with Gasteiger partial charge in [0.2, 0.25) is 5.91 Å². The lowest BCUT2D eigenvalue weighted by Crippen LogP contribution is -2.47. The van der Waals surface area contributed by atoms with Gasteiger partial charge in [0.1, 0.15) is 0 Å². The highest BCUT2D eigenvalue weighted by Gasteiger charge is 2.39. The molecule has 1 aliphatic carbocycles. The Morgan fingerprint density at radius 2 is 2.05 bits per heavy atom. The topological polar surface area (TPSA) is 49.8 Å². The standard InChI is InChI=1S/C18H29NO3/c1-13-4-6-14(7-5-13)11-18(21)19-9-2-3-16(19)15-12-22-10-8-17(15)20/h11,13,15-17,20H,2-10,12H2,1H3/t13?,15-,16-,17+/m1/s1. The minimum atomic E-state index is -0.324. The molecule has 0 aromatic heterocycles. The van der Waals surface area contributed by atoms with Crippen LogP contribution in [-0.2, 0) is 9.53 Å². The molecule has 3 atom stereocenters. The number of aliphatic hydroxyl groups excluding tert-OH is 1. The minimum absolute atomic E-state index is 0.0879. The zero-order valence-corrected chi connectivity index (χ0v) is 13.7. The number of rotatable bonds is 2. The quantitative estimate of drug-likeness (QED) is 0.798. The van der Waals surface area contributed by atoms with Crippen molar-refractivity contribution in [2.75, 3.05) is 19.8 Å². The number of hydrogen-bond donors (Lipinski definition) is 1. The molecule has 0 aromatic carbocycles. The van der Waals surface area contributed by atoms with Crippen LogP contribution in [0.15, 0.2) is 11.6 Å². The van der Waals surface area contributed by atoms with Gasteiger partial charge in [0.25, 0.3) is 0 Å². The summed E-state index contributed by atoms with van der Waals surface area (Å²) in [6.45, 7) is 4.34. The van der Waals surface area contributed by atoms with Crippen molar-refractivity contribution < 1.29 is 14.6 Å². The van der Waals surface area contributed by atoms with E-state index in [1.54, 1.807) is 0 Å². The van der Waals surface area contributed by atoms with Gasteiger partial charge in [-0.05, 0) is 50.9 Å². The summed E-state index contributed by atoms with van der Waals surface area (Å²) in [6.07, 6.45) is 8.85. The van der Waals surface area contributed by atoms with Crippen molar-refractivity contribution in [1.82, 2.24) is 4.90 Å². The van der Waals surface area contributed by atoms with Crippen LogP contribution < -0.4 is 0 Å². The van der Waals surface area contributed by atoms with Crippen molar-refractivity contribution in [3.8, 4) is 0 Å². The summed E-state index contributed by atoms with van der Waals surface area (Å²) in [4.78, 5) is 14.7. The third kappa shape index (κ3) is 3.54. The van der Waals surface area contributed by atoms with E-state index in [0.29, 0.717) is 19.6 Å². The molecule has 2 aliphatic heterocycles. The number of carbonyl (C=O) groups excluding carboxylic acids is 1. The second kappa shape index (κ2) is 7.14. The maximum Gasteiger partial charge on any atom is 0.246 e. The summed E-state index contributed by atoms with van der Waals surface area (Å²) in [5.41, 5.74) is 1.31. The number of allylic oxidation sites excluding steroid dienone is 1. The molecule has 0 aromatic rings. The fourth-order valence-corrected chi connectivity index (χ4v) is 4.16. The van der Waals surface area contributed by atoms with E-state index in [4.69, 9.17) is 4.74 Å². The van der Waals surface area contributed by atoms with Crippen LogP contribution >= 0.6 is 0 Å². The van der Waals surface area contributed by atoms with E-state index in [1.165, 1.54) is 18.4 Å². The van der Waals surface area contributed by atoms with Crippen LogP contribution in [0.3, 0.4) is 0 Å². The van der Waals surface area contributed by atoms with Gasteiger partial charge in [-0.1, -0.05) is 12.5 Å². The minimum Gasteiger partial charge on any atom is -0.393 e. The normalized spacial score (nSPS) is 36.5. The number of hydrogen-bond acceptors (Lipinski definition) is 3. The van der Waals surface area contributed by atoms with Gasteiger partial charge in [-0.3, -0.25) is 4.79 Å². The molecule has 1 saturated carbocycles. The average molecular weight is 307 g/mol. The summed E-state index contributed by atoms with van der Waals surface area (Å²) >= 11 is 0. The first-order valence-corrected chi connectivity index (χ1v) is 8.91. The van der Waals surface area contributed by atoms with Gasteiger partial charge in [0.15, 0.2) is 0 Å². The highest BCUT2D eigenvalue weighted by molar-refractivity contribution is 5.88. The van der Waals surface area contributed by atoms with Crippen molar-refractivity contribution in [1.29, 1.82) is 0 Å². The van der Waals surface area contributed by atoms with Crippen LogP contribution in [0.1, 0.15) is 51.9 Å². The molecule has 0 spiro atoms. The van der Waals surface area contributed by atoms with E-state index in [-0.39, 0.29) is 24.0 Å². The molecule has 3 aliphatic rings. The van der Waals surface area contributed by atoms with Crippen LogP contribution in [0.25, 0.3) is 0 Å². The molecule has 2 heterocycles. The molecule has 0 unspecified atom stereocenters. The zero-order valence-electron chi connectivity index (χ0n) is 13.7. The zero-order chi connectivity index (χ0) is 15.5. The highest BCUT2D eigenvalue weighted by Crippen LogP contribution is 2.31. The van der Waals surface area contributed by atoms with E-state index in [1.807, 2.05) is 11.0 Å². The Morgan fingerprint density at radius 3 is 2.77 bits per heavy atom. The third-order valence-electron chi connectivity index (χ3n) is 5.68. The molecule has 124 valence electrons.